The van der Waals surface area contributed by atoms with Crippen LogP contribution in [0.4, 0.5) is 0 Å². The van der Waals surface area contributed by atoms with Crippen LogP contribution in [0.5, 0.6) is 0 Å². The molecule has 0 bridgehead atoms. The summed E-state index contributed by atoms with van der Waals surface area (Å²) in [5.41, 5.74) is -1.15. The molecular weight excluding hydrogens is 242 g/mol. The van der Waals surface area contributed by atoms with Crippen LogP contribution in [0.15, 0.2) is 30.3 Å². The molecule has 1 unspecified atom stereocenters. The predicted octanol–water partition coefficient (Wildman–Crippen LogP) is 2.33. The van der Waals surface area contributed by atoms with Crippen molar-refractivity contribution in [3.8, 4) is 0 Å². The molecule has 4 nitrogen and oxygen atoms in total. The van der Waals surface area contributed by atoms with Gasteiger partial charge in [0.25, 0.3) is 0 Å². The lowest BCUT2D eigenvalue weighted by Gasteiger charge is -2.31. The van der Waals surface area contributed by atoms with Crippen LogP contribution in [0, 0.1) is 0 Å². The summed E-state index contributed by atoms with van der Waals surface area (Å²) in [5.74, 6) is -1.31. The fourth-order valence-corrected chi connectivity index (χ4v) is 1.69. The molecule has 19 heavy (non-hydrogen) atoms. The van der Waals surface area contributed by atoms with E-state index >= 15 is 0 Å². The van der Waals surface area contributed by atoms with Gasteiger partial charge in [0.05, 0.1) is 5.41 Å². The summed E-state index contributed by atoms with van der Waals surface area (Å²) < 4.78 is 0. The first-order chi connectivity index (χ1) is 8.74. The van der Waals surface area contributed by atoms with Crippen molar-refractivity contribution in [3.63, 3.8) is 0 Å². The monoisotopic (exact) mass is 263 g/mol. The number of benzene rings is 1. The van der Waals surface area contributed by atoms with Gasteiger partial charge in [-0.15, -0.1) is 0 Å². The molecule has 1 rings (SSSR count). The SMILES string of the molecule is CCC(C)(NC(=O)C(C)(C)c1ccccc1)C(=O)O. The molecule has 0 aliphatic rings. The molecule has 1 amide bonds. The van der Waals surface area contributed by atoms with E-state index in [0.29, 0.717) is 6.42 Å². The summed E-state index contributed by atoms with van der Waals surface area (Å²) in [4.78, 5) is 23.6. The van der Waals surface area contributed by atoms with E-state index in [9.17, 15) is 14.7 Å². The third-order valence-corrected chi connectivity index (χ3v) is 3.63. The van der Waals surface area contributed by atoms with E-state index in [4.69, 9.17) is 0 Å². The van der Waals surface area contributed by atoms with Gasteiger partial charge in [-0.05, 0) is 32.8 Å². The molecule has 104 valence electrons. The number of carbonyl (C=O) groups excluding carboxylic acids is 1. The van der Waals surface area contributed by atoms with Gasteiger partial charge in [-0.3, -0.25) is 4.79 Å². The third kappa shape index (κ3) is 3.13. The zero-order valence-electron chi connectivity index (χ0n) is 11.9. The van der Waals surface area contributed by atoms with Crippen LogP contribution in [0.1, 0.15) is 39.7 Å². The number of amides is 1. The summed E-state index contributed by atoms with van der Waals surface area (Å²) in [5, 5.41) is 11.8. The molecule has 0 spiro atoms. The first-order valence-corrected chi connectivity index (χ1v) is 6.35. The number of rotatable bonds is 5. The van der Waals surface area contributed by atoms with Crippen LogP contribution in [-0.2, 0) is 15.0 Å². The molecule has 1 atom stereocenters. The smallest absolute Gasteiger partial charge is 0.329 e. The minimum absolute atomic E-state index is 0.287. The van der Waals surface area contributed by atoms with Crippen LogP contribution in [0.2, 0.25) is 0 Å². The Morgan fingerprint density at radius 3 is 2.11 bits per heavy atom. The van der Waals surface area contributed by atoms with E-state index in [0.717, 1.165) is 5.56 Å². The van der Waals surface area contributed by atoms with Crippen LogP contribution in [-0.4, -0.2) is 22.5 Å². The number of aliphatic carboxylic acids is 1. The van der Waals surface area contributed by atoms with Gasteiger partial charge in [-0.2, -0.15) is 0 Å². The first kappa shape index (κ1) is 15.2. The molecule has 0 fully saturated rings. The van der Waals surface area contributed by atoms with Crippen molar-refractivity contribution >= 4 is 11.9 Å². The molecule has 0 aromatic heterocycles. The van der Waals surface area contributed by atoms with E-state index in [1.165, 1.54) is 6.92 Å². The summed E-state index contributed by atoms with van der Waals surface area (Å²) in [6, 6.07) is 9.33. The largest absolute Gasteiger partial charge is 0.480 e. The summed E-state index contributed by atoms with van der Waals surface area (Å²) in [7, 11) is 0. The minimum atomic E-state index is -1.23. The third-order valence-electron chi connectivity index (χ3n) is 3.63. The molecule has 0 saturated heterocycles. The topological polar surface area (TPSA) is 66.4 Å². The maximum Gasteiger partial charge on any atom is 0.329 e. The minimum Gasteiger partial charge on any atom is -0.480 e. The van der Waals surface area contributed by atoms with Crippen LogP contribution >= 0.6 is 0 Å². The lowest BCUT2D eigenvalue weighted by molar-refractivity contribution is -0.147. The summed E-state index contributed by atoms with van der Waals surface area (Å²) >= 11 is 0. The van der Waals surface area contributed by atoms with E-state index in [1.807, 2.05) is 30.3 Å². The van der Waals surface area contributed by atoms with Crippen molar-refractivity contribution in [3.05, 3.63) is 35.9 Å². The molecule has 0 aliphatic carbocycles. The zero-order valence-corrected chi connectivity index (χ0v) is 11.9. The van der Waals surface area contributed by atoms with Crippen molar-refractivity contribution in [1.82, 2.24) is 5.32 Å². The van der Waals surface area contributed by atoms with Gasteiger partial charge in [0.2, 0.25) is 5.91 Å². The van der Waals surface area contributed by atoms with Gasteiger partial charge < -0.3 is 10.4 Å². The second-order valence-electron chi connectivity index (χ2n) is 5.44. The van der Waals surface area contributed by atoms with Crippen molar-refractivity contribution in [1.29, 1.82) is 0 Å². The highest BCUT2D eigenvalue weighted by molar-refractivity contribution is 5.92. The standard InChI is InChI=1S/C15H21NO3/c1-5-15(4,13(18)19)16-12(17)14(2,3)11-9-7-6-8-10-11/h6-10H,5H2,1-4H3,(H,16,17)(H,18,19). The molecule has 4 heteroatoms. The summed E-state index contributed by atoms with van der Waals surface area (Å²) in [6.45, 7) is 6.84. The lowest BCUT2D eigenvalue weighted by Crippen LogP contribution is -2.56. The molecule has 2 N–H and O–H groups in total. The zero-order chi connectivity index (χ0) is 14.7. The van der Waals surface area contributed by atoms with Crippen molar-refractivity contribution < 1.29 is 14.7 Å². The number of hydrogen-bond donors (Lipinski definition) is 2. The van der Waals surface area contributed by atoms with Crippen LogP contribution in [0.3, 0.4) is 0 Å². The average molecular weight is 263 g/mol. The number of carbonyl (C=O) groups is 2. The fraction of sp³-hybridized carbons (Fsp3) is 0.467. The van der Waals surface area contributed by atoms with Gasteiger partial charge in [0.15, 0.2) is 0 Å². The highest BCUT2D eigenvalue weighted by Crippen LogP contribution is 2.24. The van der Waals surface area contributed by atoms with E-state index in [2.05, 4.69) is 5.32 Å². The second-order valence-corrected chi connectivity index (χ2v) is 5.44. The Hall–Kier alpha value is -1.84. The average Bonchev–Trinajstić information content (AvgIpc) is 2.39. The number of carboxylic acid groups (broad SMARTS) is 1. The lowest BCUT2D eigenvalue weighted by atomic mass is 9.82. The Balaban J connectivity index is 2.98. The maximum atomic E-state index is 12.4. The van der Waals surface area contributed by atoms with Gasteiger partial charge >= 0.3 is 5.97 Å². The molecule has 1 aromatic carbocycles. The molecule has 0 aliphatic heterocycles. The van der Waals surface area contributed by atoms with E-state index in [-0.39, 0.29) is 5.91 Å². The van der Waals surface area contributed by atoms with E-state index < -0.39 is 16.9 Å². The van der Waals surface area contributed by atoms with Crippen molar-refractivity contribution in [2.24, 2.45) is 0 Å². The Labute approximate surface area is 113 Å². The van der Waals surface area contributed by atoms with Crippen LogP contribution < -0.4 is 5.32 Å². The molecule has 0 radical (unpaired) electrons. The number of hydrogen-bond acceptors (Lipinski definition) is 2. The van der Waals surface area contributed by atoms with Crippen molar-refractivity contribution in [2.75, 3.05) is 0 Å². The number of nitrogens with one attached hydrogen (secondary N) is 1. The predicted molar refractivity (Wildman–Crippen MR) is 73.9 cm³/mol. The second kappa shape index (κ2) is 5.43. The molecule has 0 saturated carbocycles. The molecular formula is C15H21NO3. The number of carboxylic acids is 1. The Kier molecular flexibility index (Phi) is 4.35. The van der Waals surface area contributed by atoms with Gasteiger partial charge in [-0.25, -0.2) is 4.79 Å². The van der Waals surface area contributed by atoms with Gasteiger partial charge in [0.1, 0.15) is 5.54 Å². The Morgan fingerprint density at radius 2 is 1.68 bits per heavy atom. The highest BCUT2D eigenvalue weighted by Gasteiger charge is 2.38. The maximum absolute atomic E-state index is 12.4. The normalized spacial score (nSPS) is 14.5. The van der Waals surface area contributed by atoms with Crippen molar-refractivity contribution in [2.45, 2.75) is 45.1 Å². The van der Waals surface area contributed by atoms with Crippen LogP contribution in [0.25, 0.3) is 0 Å². The molecule has 1 aromatic rings. The van der Waals surface area contributed by atoms with Gasteiger partial charge in [0, 0.05) is 0 Å². The van der Waals surface area contributed by atoms with Gasteiger partial charge in [-0.1, -0.05) is 37.3 Å². The van der Waals surface area contributed by atoms with E-state index in [1.54, 1.807) is 20.8 Å². The Bertz CT molecular complexity index is 468. The Morgan fingerprint density at radius 1 is 1.16 bits per heavy atom. The quantitative estimate of drug-likeness (QED) is 0.856. The summed E-state index contributed by atoms with van der Waals surface area (Å²) in [6.07, 6.45) is 0.332. The first-order valence-electron chi connectivity index (χ1n) is 6.35. The molecule has 0 heterocycles. The highest BCUT2D eigenvalue weighted by atomic mass is 16.4. The fourth-order valence-electron chi connectivity index (χ4n) is 1.69.